The number of carbonyl (C=O) groups is 1. The average Bonchev–Trinajstić information content (AvgIpc) is 2.62. The van der Waals surface area contributed by atoms with Crippen molar-refractivity contribution in [1.82, 2.24) is 10.6 Å². The molecule has 0 fully saturated rings. The first-order valence-electron chi connectivity index (χ1n) is 8.53. The van der Waals surface area contributed by atoms with E-state index in [9.17, 15) is 4.79 Å². The predicted molar refractivity (Wildman–Crippen MR) is 97.2 cm³/mol. The number of para-hydroxylation sites is 2. The van der Waals surface area contributed by atoms with Crippen molar-refractivity contribution in [3.63, 3.8) is 0 Å². The molecule has 2 aromatic carbocycles. The van der Waals surface area contributed by atoms with E-state index in [1.165, 1.54) is 11.1 Å². The number of nitrogens with one attached hydrogen (secondary N) is 2. The molecule has 1 aliphatic rings. The van der Waals surface area contributed by atoms with Crippen LogP contribution in [0.5, 0.6) is 11.5 Å². The molecular weight excluding hydrogens is 316 g/mol. The van der Waals surface area contributed by atoms with Gasteiger partial charge < -0.3 is 20.1 Å². The molecule has 0 aromatic heterocycles. The van der Waals surface area contributed by atoms with Crippen molar-refractivity contribution in [3.05, 3.63) is 59.2 Å². The molecule has 0 radical (unpaired) electrons. The lowest BCUT2D eigenvalue weighted by atomic mass is 9.98. The van der Waals surface area contributed by atoms with E-state index >= 15 is 0 Å². The van der Waals surface area contributed by atoms with E-state index in [0.29, 0.717) is 18.9 Å². The van der Waals surface area contributed by atoms with Crippen LogP contribution in [0.4, 0.5) is 4.79 Å². The highest BCUT2D eigenvalue weighted by Crippen LogP contribution is 2.30. The van der Waals surface area contributed by atoms with Crippen molar-refractivity contribution in [2.24, 2.45) is 0 Å². The minimum absolute atomic E-state index is 0.0656. The zero-order chi connectivity index (χ0) is 17.8. The number of urea groups is 1. The SMILES string of the molecule is Cc1cccc(C(C)NC(=O)NCC2COc3ccccc3O2)c1C. The van der Waals surface area contributed by atoms with Crippen LogP contribution < -0.4 is 20.1 Å². The Morgan fingerprint density at radius 2 is 1.92 bits per heavy atom. The number of ether oxygens (including phenoxy) is 2. The molecule has 1 heterocycles. The number of benzene rings is 2. The molecule has 1 aliphatic heterocycles. The smallest absolute Gasteiger partial charge is 0.315 e. The summed E-state index contributed by atoms with van der Waals surface area (Å²) in [5, 5.41) is 5.84. The highest BCUT2D eigenvalue weighted by Gasteiger charge is 2.21. The maximum atomic E-state index is 12.2. The molecule has 0 saturated heterocycles. The van der Waals surface area contributed by atoms with E-state index in [0.717, 1.165) is 11.3 Å². The zero-order valence-corrected chi connectivity index (χ0v) is 14.8. The topological polar surface area (TPSA) is 59.6 Å². The highest BCUT2D eigenvalue weighted by molar-refractivity contribution is 5.74. The number of hydrogen-bond acceptors (Lipinski definition) is 3. The zero-order valence-electron chi connectivity index (χ0n) is 14.8. The van der Waals surface area contributed by atoms with Gasteiger partial charge in [0, 0.05) is 0 Å². The lowest BCUT2D eigenvalue weighted by Gasteiger charge is -2.27. The number of hydrogen-bond donors (Lipinski definition) is 2. The van der Waals surface area contributed by atoms with E-state index in [1.54, 1.807) is 0 Å². The minimum Gasteiger partial charge on any atom is -0.486 e. The third kappa shape index (κ3) is 4.05. The second-order valence-electron chi connectivity index (χ2n) is 6.36. The molecule has 0 spiro atoms. The van der Waals surface area contributed by atoms with Gasteiger partial charge >= 0.3 is 6.03 Å². The Labute approximate surface area is 148 Å². The van der Waals surface area contributed by atoms with Gasteiger partial charge in [-0.2, -0.15) is 0 Å². The van der Waals surface area contributed by atoms with Crippen molar-refractivity contribution in [2.75, 3.05) is 13.2 Å². The van der Waals surface area contributed by atoms with Crippen molar-refractivity contribution in [3.8, 4) is 11.5 Å². The Bertz CT molecular complexity index is 760. The van der Waals surface area contributed by atoms with Gasteiger partial charge in [-0.1, -0.05) is 30.3 Å². The number of aryl methyl sites for hydroxylation is 1. The van der Waals surface area contributed by atoms with E-state index in [2.05, 4.69) is 30.5 Å². The molecule has 3 rings (SSSR count). The Morgan fingerprint density at radius 1 is 1.16 bits per heavy atom. The normalized spacial score (nSPS) is 16.8. The number of rotatable bonds is 4. The summed E-state index contributed by atoms with van der Waals surface area (Å²) in [5.74, 6) is 1.46. The molecule has 0 aliphatic carbocycles. The molecule has 0 bridgehead atoms. The molecule has 0 saturated carbocycles. The second-order valence-corrected chi connectivity index (χ2v) is 6.36. The first-order valence-corrected chi connectivity index (χ1v) is 8.53. The fraction of sp³-hybridized carbons (Fsp3) is 0.350. The summed E-state index contributed by atoms with van der Waals surface area (Å²) < 4.78 is 11.5. The first-order chi connectivity index (χ1) is 12.0. The Kier molecular flexibility index (Phi) is 5.12. The Hall–Kier alpha value is -2.69. The maximum Gasteiger partial charge on any atom is 0.315 e. The molecular formula is C20H24N2O3. The van der Waals surface area contributed by atoms with Crippen LogP contribution in [0.25, 0.3) is 0 Å². The molecule has 2 atom stereocenters. The third-order valence-corrected chi connectivity index (χ3v) is 4.52. The number of carbonyl (C=O) groups excluding carboxylic acids is 1. The van der Waals surface area contributed by atoms with Crippen molar-refractivity contribution in [1.29, 1.82) is 0 Å². The summed E-state index contributed by atoms with van der Waals surface area (Å²) in [4.78, 5) is 12.2. The Morgan fingerprint density at radius 3 is 2.72 bits per heavy atom. The molecule has 2 unspecified atom stereocenters. The summed E-state index contributed by atoms with van der Waals surface area (Å²) in [5.41, 5.74) is 3.55. The number of fused-ring (bicyclic) bond motifs is 1. The molecule has 132 valence electrons. The van der Waals surface area contributed by atoms with Crippen LogP contribution in [-0.2, 0) is 0 Å². The van der Waals surface area contributed by atoms with Gasteiger partial charge in [-0.05, 0) is 49.6 Å². The second kappa shape index (κ2) is 7.47. The van der Waals surface area contributed by atoms with Crippen LogP contribution in [0.2, 0.25) is 0 Å². The van der Waals surface area contributed by atoms with Gasteiger partial charge in [-0.25, -0.2) is 4.79 Å². The van der Waals surface area contributed by atoms with Gasteiger partial charge in [0.2, 0.25) is 0 Å². The Balaban J connectivity index is 1.51. The fourth-order valence-electron chi connectivity index (χ4n) is 2.94. The van der Waals surface area contributed by atoms with E-state index in [4.69, 9.17) is 9.47 Å². The standard InChI is InChI=1S/C20H24N2O3/c1-13-7-6-8-17(14(13)2)15(3)22-20(23)21-11-16-12-24-18-9-4-5-10-19(18)25-16/h4-10,15-16H,11-12H2,1-3H3,(H2,21,22,23). The van der Waals surface area contributed by atoms with Gasteiger partial charge in [-0.3, -0.25) is 0 Å². The molecule has 2 aromatic rings. The number of amides is 2. The van der Waals surface area contributed by atoms with Gasteiger partial charge in [0.05, 0.1) is 12.6 Å². The first kappa shape index (κ1) is 17.1. The molecule has 5 nitrogen and oxygen atoms in total. The molecule has 25 heavy (non-hydrogen) atoms. The van der Waals surface area contributed by atoms with E-state index < -0.39 is 0 Å². The van der Waals surface area contributed by atoms with Crippen LogP contribution >= 0.6 is 0 Å². The van der Waals surface area contributed by atoms with Gasteiger partial charge in [0.25, 0.3) is 0 Å². The quantitative estimate of drug-likeness (QED) is 0.895. The van der Waals surface area contributed by atoms with Crippen molar-refractivity contribution >= 4 is 6.03 Å². The third-order valence-electron chi connectivity index (χ3n) is 4.52. The summed E-state index contributed by atoms with van der Waals surface area (Å²) >= 11 is 0. The molecule has 5 heteroatoms. The summed E-state index contributed by atoms with van der Waals surface area (Å²) in [6.07, 6.45) is -0.198. The highest BCUT2D eigenvalue weighted by atomic mass is 16.6. The molecule has 2 N–H and O–H groups in total. The fourth-order valence-corrected chi connectivity index (χ4v) is 2.94. The van der Waals surface area contributed by atoms with Crippen LogP contribution in [-0.4, -0.2) is 25.3 Å². The van der Waals surface area contributed by atoms with Crippen LogP contribution in [0.1, 0.15) is 29.7 Å². The summed E-state index contributed by atoms with van der Waals surface area (Å²) in [7, 11) is 0. The van der Waals surface area contributed by atoms with Gasteiger partial charge in [0.15, 0.2) is 17.6 Å². The summed E-state index contributed by atoms with van der Waals surface area (Å²) in [6, 6.07) is 13.4. The van der Waals surface area contributed by atoms with Crippen molar-refractivity contribution in [2.45, 2.75) is 32.9 Å². The van der Waals surface area contributed by atoms with Gasteiger partial charge in [-0.15, -0.1) is 0 Å². The van der Waals surface area contributed by atoms with Crippen LogP contribution in [0, 0.1) is 13.8 Å². The lowest BCUT2D eigenvalue weighted by Crippen LogP contribution is -2.45. The van der Waals surface area contributed by atoms with Crippen LogP contribution in [0.3, 0.4) is 0 Å². The lowest BCUT2D eigenvalue weighted by molar-refractivity contribution is 0.0917. The summed E-state index contributed by atoms with van der Waals surface area (Å²) in [6.45, 7) is 6.94. The minimum atomic E-state index is -0.212. The average molecular weight is 340 g/mol. The van der Waals surface area contributed by atoms with Gasteiger partial charge in [0.1, 0.15) is 6.61 Å². The molecule has 2 amide bonds. The predicted octanol–water partition coefficient (Wildman–Crippen LogP) is 3.50. The van der Waals surface area contributed by atoms with E-state index in [1.807, 2.05) is 43.3 Å². The maximum absolute atomic E-state index is 12.2. The van der Waals surface area contributed by atoms with Crippen LogP contribution in [0.15, 0.2) is 42.5 Å². The van der Waals surface area contributed by atoms with Crippen molar-refractivity contribution < 1.29 is 14.3 Å². The monoisotopic (exact) mass is 340 g/mol. The van der Waals surface area contributed by atoms with E-state index in [-0.39, 0.29) is 18.2 Å². The largest absolute Gasteiger partial charge is 0.486 e.